The highest BCUT2D eigenvalue weighted by molar-refractivity contribution is 8.18. The number of nitrogens with zero attached hydrogens (tertiary/aromatic N) is 4. The van der Waals surface area contributed by atoms with Gasteiger partial charge in [0.2, 0.25) is 5.95 Å². The van der Waals surface area contributed by atoms with Gasteiger partial charge in [0.05, 0.1) is 23.2 Å². The molecule has 2 fully saturated rings. The Kier molecular flexibility index (Phi) is 5.89. The highest BCUT2D eigenvalue weighted by atomic mass is 32.2. The number of hydrogen-bond donors (Lipinski definition) is 2. The fourth-order valence-corrected chi connectivity index (χ4v) is 4.09. The summed E-state index contributed by atoms with van der Waals surface area (Å²) in [5, 5.41) is 11.8. The van der Waals surface area contributed by atoms with Crippen LogP contribution in [0.3, 0.4) is 0 Å². The van der Waals surface area contributed by atoms with Crippen molar-refractivity contribution in [3.8, 4) is 0 Å². The first-order valence-corrected chi connectivity index (χ1v) is 10.2. The number of benzene rings is 1. The Balaban J connectivity index is 1.46. The molecule has 9 heteroatoms. The highest BCUT2D eigenvalue weighted by Gasteiger charge is 2.28. The molecule has 150 valence electrons. The summed E-state index contributed by atoms with van der Waals surface area (Å²) in [5.74, 6) is 0.141. The predicted octanol–water partition coefficient (Wildman–Crippen LogP) is 1.48. The minimum Gasteiger partial charge on any atom is -0.395 e. The van der Waals surface area contributed by atoms with E-state index < -0.39 is 5.91 Å². The first-order valence-electron chi connectivity index (χ1n) is 9.34. The van der Waals surface area contributed by atoms with Crippen LogP contribution >= 0.6 is 11.8 Å². The van der Waals surface area contributed by atoms with Gasteiger partial charge >= 0.3 is 0 Å². The van der Waals surface area contributed by atoms with Gasteiger partial charge in [-0.05, 0) is 29.5 Å². The second kappa shape index (κ2) is 8.73. The summed E-state index contributed by atoms with van der Waals surface area (Å²) in [6, 6.07) is 11.9. The molecule has 0 bridgehead atoms. The zero-order valence-electron chi connectivity index (χ0n) is 15.7. The first kappa shape index (κ1) is 19.6. The summed E-state index contributed by atoms with van der Waals surface area (Å²) in [7, 11) is 0. The van der Waals surface area contributed by atoms with Crippen molar-refractivity contribution < 1.29 is 14.7 Å². The lowest BCUT2D eigenvalue weighted by molar-refractivity contribution is -0.115. The molecule has 1 atom stereocenters. The van der Waals surface area contributed by atoms with E-state index in [4.69, 9.17) is 0 Å². The molecule has 2 saturated heterocycles. The molecule has 1 aromatic carbocycles. The Morgan fingerprint density at radius 1 is 1.21 bits per heavy atom. The molecule has 0 saturated carbocycles. The minimum absolute atomic E-state index is 0.0247. The van der Waals surface area contributed by atoms with Crippen molar-refractivity contribution >= 4 is 34.9 Å². The molecule has 1 unspecified atom stereocenters. The highest BCUT2D eigenvalue weighted by Crippen LogP contribution is 2.25. The van der Waals surface area contributed by atoms with E-state index in [9.17, 15) is 14.7 Å². The Bertz CT molecular complexity index is 937. The topological polar surface area (TPSA) is 98.7 Å². The second-order valence-corrected chi connectivity index (χ2v) is 7.89. The van der Waals surface area contributed by atoms with E-state index in [0.717, 1.165) is 31.4 Å². The molecule has 2 N–H and O–H groups in total. The summed E-state index contributed by atoms with van der Waals surface area (Å²) < 4.78 is 0. The largest absolute Gasteiger partial charge is 0.395 e. The van der Waals surface area contributed by atoms with Gasteiger partial charge < -0.3 is 10.0 Å². The number of rotatable bonds is 5. The number of aromatic nitrogens is 2. The van der Waals surface area contributed by atoms with Crippen LogP contribution in [0.15, 0.2) is 47.5 Å². The molecule has 2 aromatic rings. The molecule has 8 nitrogen and oxygen atoms in total. The van der Waals surface area contributed by atoms with E-state index in [-0.39, 0.29) is 17.9 Å². The van der Waals surface area contributed by atoms with Crippen molar-refractivity contribution in [1.29, 1.82) is 0 Å². The summed E-state index contributed by atoms with van der Waals surface area (Å²) >= 11 is 0.863. The number of amides is 2. The van der Waals surface area contributed by atoms with E-state index in [1.165, 1.54) is 5.56 Å². The number of imide groups is 1. The standard InChI is InChI=1S/C20H21N5O3S/c26-13-16-12-25(9-8-24(16)11-14-4-2-1-3-5-14)19-21-7-6-15(22-19)10-17-18(27)23-20(28)29-17/h1-7,10,16,26H,8-9,11-13H2,(H,23,27,28). The smallest absolute Gasteiger partial charge is 0.290 e. The van der Waals surface area contributed by atoms with Crippen LogP contribution in [0.4, 0.5) is 10.7 Å². The lowest BCUT2D eigenvalue weighted by Gasteiger charge is -2.40. The molecule has 29 heavy (non-hydrogen) atoms. The zero-order chi connectivity index (χ0) is 20.2. The third kappa shape index (κ3) is 4.64. The van der Waals surface area contributed by atoms with Gasteiger partial charge in [-0.15, -0.1) is 0 Å². The molecule has 2 aliphatic heterocycles. The number of hydrogen-bond acceptors (Lipinski definition) is 8. The number of aliphatic hydroxyl groups excluding tert-OH is 1. The summed E-state index contributed by atoms with van der Waals surface area (Å²) in [6.07, 6.45) is 3.23. The van der Waals surface area contributed by atoms with Gasteiger partial charge in [0, 0.05) is 32.4 Å². The fourth-order valence-electron chi connectivity index (χ4n) is 3.42. The normalized spacial score (nSPS) is 21.6. The fraction of sp³-hybridized carbons (Fsp3) is 0.300. The van der Waals surface area contributed by atoms with Gasteiger partial charge in [0.15, 0.2) is 0 Å². The predicted molar refractivity (Wildman–Crippen MR) is 111 cm³/mol. The van der Waals surface area contributed by atoms with Crippen molar-refractivity contribution in [3.63, 3.8) is 0 Å². The number of carbonyl (C=O) groups excluding carboxylic acids is 2. The number of aliphatic hydroxyl groups is 1. The number of carbonyl (C=O) groups is 2. The van der Waals surface area contributed by atoms with Gasteiger partial charge in [-0.3, -0.25) is 19.8 Å². The zero-order valence-corrected chi connectivity index (χ0v) is 16.5. The van der Waals surface area contributed by atoms with Gasteiger partial charge in [0.25, 0.3) is 11.1 Å². The van der Waals surface area contributed by atoms with Crippen LogP contribution in [0.5, 0.6) is 0 Å². The van der Waals surface area contributed by atoms with Crippen LogP contribution < -0.4 is 10.2 Å². The third-order valence-electron chi connectivity index (χ3n) is 4.91. The average molecular weight is 411 g/mol. The molecular weight excluding hydrogens is 390 g/mol. The molecule has 0 radical (unpaired) electrons. The van der Waals surface area contributed by atoms with Crippen molar-refractivity contribution in [2.75, 3.05) is 31.1 Å². The van der Waals surface area contributed by atoms with Crippen molar-refractivity contribution in [2.24, 2.45) is 0 Å². The van der Waals surface area contributed by atoms with Crippen LogP contribution in [0, 0.1) is 0 Å². The Morgan fingerprint density at radius 2 is 2.03 bits per heavy atom. The van der Waals surface area contributed by atoms with E-state index in [2.05, 4.69) is 32.3 Å². The van der Waals surface area contributed by atoms with Crippen molar-refractivity contribution in [1.82, 2.24) is 20.2 Å². The monoisotopic (exact) mass is 411 g/mol. The Labute approximate surface area is 172 Å². The SMILES string of the molecule is O=C1NC(=O)C(=Cc2ccnc(N3CCN(Cc4ccccc4)C(CO)C3)n2)S1. The van der Waals surface area contributed by atoms with Gasteiger partial charge in [-0.2, -0.15) is 0 Å². The van der Waals surface area contributed by atoms with Gasteiger partial charge in [-0.25, -0.2) is 9.97 Å². The van der Waals surface area contributed by atoms with Gasteiger partial charge in [-0.1, -0.05) is 30.3 Å². The Hall–Kier alpha value is -2.75. The van der Waals surface area contributed by atoms with Crippen LogP contribution in [-0.4, -0.2) is 63.4 Å². The molecule has 2 amide bonds. The van der Waals surface area contributed by atoms with Crippen LogP contribution in [0.1, 0.15) is 11.3 Å². The van der Waals surface area contributed by atoms with Crippen LogP contribution in [-0.2, 0) is 11.3 Å². The van der Waals surface area contributed by atoms with Crippen LogP contribution in [0.25, 0.3) is 6.08 Å². The lowest BCUT2D eigenvalue weighted by atomic mass is 10.1. The molecule has 3 heterocycles. The average Bonchev–Trinajstić information content (AvgIpc) is 3.06. The second-order valence-electron chi connectivity index (χ2n) is 6.87. The number of anilines is 1. The van der Waals surface area contributed by atoms with E-state index in [1.807, 2.05) is 23.1 Å². The molecule has 1 aromatic heterocycles. The maximum atomic E-state index is 11.7. The quantitative estimate of drug-likeness (QED) is 0.714. The third-order valence-corrected chi connectivity index (χ3v) is 5.72. The summed E-state index contributed by atoms with van der Waals surface area (Å²) in [5.41, 5.74) is 1.78. The number of nitrogens with one attached hydrogen (secondary N) is 1. The molecule has 0 aliphatic carbocycles. The van der Waals surface area contributed by atoms with Crippen LogP contribution in [0.2, 0.25) is 0 Å². The van der Waals surface area contributed by atoms with Gasteiger partial charge in [0.1, 0.15) is 0 Å². The van der Waals surface area contributed by atoms with E-state index in [1.54, 1.807) is 18.3 Å². The van der Waals surface area contributed by atoms with Crippen molar-refractivity contribution in [3.05, 3.63) is 58.8 Å². The molecule has 0 spiro atoms. The Morgan fingerprint density at radius 3 is 2.76 bits per heavy atom. The first-order chi connectivity index (χ1) is 14.1. The van der Waals surface area contributed by atoms with E-state index >= 15 is 0 Å². The minimum atomic E-state index is -0.407. The summed E-state index contributed by atoms with van der Waals surface area (Å²) in [6.45, 7) is 2.95. The van der Waals surface area contributed by atoms with Crippen molar-refractivity contribution in [2.45, 2.75) is 12.6 Å². The molecule has 4 rings (SSSR count). The maximum absolute atomic E-state index is 11.7. The maximum Gasteiger partial charge on any atom is 0.290 e. The summed E-state index contributed by atoms with van der Waals surface area (Å²) in [4.78, 5) is 36.6. The van der Waals surface area contributed by atoms with E-state index in [0.29, 0.717) is 23.1 Å². The number of thioether (sulfide) groups is 1. The molecular formula is C20H21N5O3S. The number of piperazine rings is 1. The lowest BCUT2D eigenvalue weighted by Crippen LogP contribution is -2.54. The molecule has 2 aliphatic rings.